The van der Waals surface area contributed by atoms with Crippen LogP contribution in [-0.2, 0) is 16.1 Å². The van der Waals surface area contributed by atoms with Crippen molar-refractivity contribution in [2.24, 2.45) is 17.8 Å². The molecular weight excluding hydrogens is 322 g/mol. The van der Waals surface area contributed by atoms with Crippen molar-refractivity contribution < 1.29 is 9.53 Å². The maximum Gasteiger partial charge on any atom is 0.165 e. The van der Waals surface area contributed by atoms with Crippen LogP contribution in [-0.4, -0.2) is 36.5 Å². The second-order valence-corrected chi connectivity index (χ2v) is 8.59. The highest BCUT2D eigenvalue weighted by Crippen LogP contribution is 2.32. The molecule has 2 aliphatic rings. The number of carbonyl (C=O) groups excluding carboxylic acids is 1. The summed E-state index contributed by atoms with van der Waals surface area (Å²) in [5.41, 5.74) is 1.31. The molecular formula is C23H35NO2. The highest BCUT2D eigenvalue weighted by atomic mass is 16.5. The summed E-state index contributed by atoms with van der Waals surface area (Å²) in [6.45, 7) is 7.68. The number of carbonyl (C=O) groups is 1. The second kappa shape index (κ2) is 9.66. The lowest BCUT2D eigenvalue weighted by atomic mass is 9.79. The molecule has 1 aliphatic heterocycles. The van der Waals surface area contributed by atoms with Gasteiger partial charge in [-0.05, 0) is 30.2 Å². The zero-order valence-corrected chi connectivity index (χ0v) is 16.5. The van der Waals surface area contributed by atoms with E-state index in [0.29, 0.717) is 12.4 Å². The minimum absolute atomic E-state index is 0.121. The van der Waals surface area contributed by atoms with Gasteiger partial charge in [-0.15, -0.1) is 0 Å². The van der Waals surface area contributed by atoms with Gasteiger partial charge < -0.3 is 4.74 Å². The minimum atomic E-state index is -0.242. The van der Waals surface area contributed by atoms with Gasteiger partial charge in [-0.25, -0.2) is 0 Å². The molecule has 3 rings (SSSR count). The molecule has 1 aromatic rings. The zero-order chi connectivity index (χ0) is 18.4. The van der Waals surface area contributed by atoms with Crippen LogP contribution >= 0.6 is 0 Å². The predicted molar refractivity (Wildman–Crippen MR) is 106 cm³/mol. The van der Waals surface area contributed by atoms with Gasteiger partial charge in [0.1, 0.15) is 6.10 Å². The Bertz CT molecular complexity index is 551. The van der Waals surface area contributed by atoms with Crippen molar-refractivity contribution in [3.05, 3.63) is 35.9 Å². The van der Waals surface area contributed by atoms with Gasteiger partial charge in [0.2, 0.25) is 0 Å². The fourth-order valence-corrected chi connectivity index (χ4v) is 4.42. The highest BCUT2D eigenvalue weighted by Gasteiger charge is 2.30. The fourth-order valence-electron chi connectivity index (χ4n) is 4.42. The second-order valence-electron chi connectivity index (χ2n) is 8.59. The molecule has 0 bridgehead atoms. The van der Waals surface area contributed by atoms with Gasteiger partial charge in [0.25, 0.3) is 0 Å². The number of morpholine rings is 1. The quantitative estimate of drug-likeness (QED) is 0.708. The lowest BCUT2D eigenvalue weighted by Crippen LogP contribution is -2.47. The van der Waals surface area contributed by atoms with Crippen LogP contribution < -0.4 is 0 Å². The Hall–Kier alpha value is -1.19. The first-order valence-electron chi connectivity index (χ1n) is 10.5. The molecule has 2 unspecified atom stereocenters. The van der Waals surface area contributed by atoms with E-state index >= 15 is 0 Å². The van der Waals surface area contributed by atoms with Gasteiger partial charge >= 0.3 is 0 Å². The van der Waals surface area contributed by atoms with Gasteiger partial charge in [0, 0.05) is 25.6 Å². The Kier molecular flexibility index (Phi) is 7.27. The first-order chi connectivity index (χ1) is 12.6. The molecule has 144 valence electrons. The maximum atomic E-state index is 12.9. The number of rotatable bonds is 7. The molecule has 2 atom stereocenters. The van der Waals surface area contributed by atoms with E-state index in [1.165, 1.54) is 37.7 Å². The van der Waals surface area contributed by atoms with Crippen LogP contribution in [0.2, 0.25) is 0 Å². The summed E-state index contributed by atoms with van der Waals surface area (Å²) in [4.78, 5) is 15.2. The molecule has 0 spiro atoms. The number of nitrogens with zero attached hydrogens (tertiary/aromatic N) is 1. The maximum absolute atomic E-state index is 12.9. The Morgan fingerprint density at radius 1 is 1.19 bits per heavy atom. The number of benzene rings is 1. The molecule has 1 aliphatic carbocycles. The largest absolute Gasteiger partial charge is 0.368 e. The molecule has 2 fully saturated rings. The zero-order valence-electron chi connectivity index (χ0n) is 16.5. The lowest BCUT2D eigenvalue weighted by molar-refractivity contribution is -0.140. The Morgan fingerprint density at radius 2 is 1.92 bits per heavy atom. The van der Waals surface area contributed by atoms with Crippen molar-refractivity contribution >= 4 is 5.78 Å². The molecule has 0 amide bonds. The van der Waals surface area contributed by atoms with Crippen LogP contribution in [0.1, 0.15) is 57.9 Å². The van der Waals surface area contributed by atoms with Crippen molar-refractivity contribution in [1.29, 1.82) is 0 Å². The monoisotopic (exact) mass is 357 g/mol. The molecule has 1 heterocycles. The first-order valence-corrected chi connectivity index (χ1v) is 10.5. The van der Waals surface area contributed by atoms with E-state index in [2.05, 4.69) is 43.0 Å². The highest BCUT2D eigenvalue weighted by molar-refractivity contribution is 5.85. The van der Waals surface area contributed by atoms with Crippen molar-refractivity contribution in [3.8, 4) is 0 Å². The van der Waals surface area contributed by atoms with E-state index in [4.69, 9.17) is 4.74 Å². The van der Waals surface area contributed by atoms with Crippen LogP contribution in [0.5, 0.6) is 0 Å². The van der Waals surface area contributed by atoms with Crippen molar-refractivity contribution in [3.63, 3.8) is 0 Å². The van der Waals surface area contributed by atoms with Crippen LogP contribution in [0.25, 0.3) is 0 Å². The Labute approximate surface area is 159 Å². The number of hydrogen-bond acceptors (Lipinski definition) is 3. The van der Waals surface area contributed by atoms with Crippen LogP contribution in [0, 0.1) is 17.8 Å². The van der Waals surface area contributed by atoms with Crippen LogP contribution in [0.3, 0.4) is 0 Å². The minimum Gasteiger partial charge on any atom is -0.368 e. The average Bonchev–Trinajstić information content (AvgIpc) is 2.68. The fraction of sp³-hybridized carbons (Fsp3) is 0.696. The number of hydrogen-bond donors (Lipinski definition) is 0. The topological polar surface area (TPSA) is 29.5 Å². The normalized spacial score (nSPS) is 28.6. The van der Waals surface area contributed by atoms with Crippen LogP contribution in [0.4, 0.5) is 0 Å². The molecule has 1 aromatic carbocycles. The van der Waals surface area contributed by atoms with Crippen molar-refractivity contribution in [1.82, 2.24) is 4.90 Å². The van der Waals surface area contributed by atoms with Crippen LogP contribution in [0.15, 0.2) is 30.3 Å². The molecule has 3 heteroatoms. The van der Waals surface area contributed by atoms with E-state index in [0.717, 1.165) is 37.9 Å². The standard InChI is InChI=1S/C23H35NO2/c1-18-8-11-20(12-9-18)13-10-19(2)23(25)22-17-24(14-15-26-22)16-21-6-4-3-5-7-21/h3-7,18-20,22H,8-17H2,1-2H3. The molecule has 1 saturated heterocycles. The third-order valence-corrected chi connectivity index (χ3v) is 6.35. The van der Waals surface area contributed by atoms with Gasteiger partial charge in [0.15, 0.2) is 5.78 Å². The number of ketones is 1. The smallest absolute Gasteiger partial charge is 0.165 e. The third kappa shape index (κ3) is 5.65. The molecule has 0 N–H and O–H groups in total. The summed E-state index contributed by atoms with van der Waals surface area (Å²) >= 11 is 0. The molecule has 1 saturated carbocycles. The number of ether oxygens (including phenoxy) is 1. The lowest BCUT2D eigenvalue weighted by Gasteiger charge is -2.33. The van der Waals surface area contributed by atoms with E-state index in [1.807, 2.05) is 6.07 Å². The number of Topliss-reactive ketones (excluding diaryl/α,β-unsaturated/α-hetero) is 1. The van der Waals surface area contributed by atoms with Gasteiger partial charge in [-0.2, -0.15) is 0 Å². The summed E-state index contributed by atoms with van der Waals surface area (Å²) in [5.74, 6) is 2.17. The molecule has 0 radical (unpaired) electrons. The summed E-state index contributed by atoms with van der Waals surface area (Å²) in [6, 6.07) is 10.5. The molecule has 0 aromatic heterocycles. The van der Waals surface area contributed by atoms with Gasteiger partial charge in [-0.1, -0.05) is 69.9 Å². The van der Waals surface area contributed by atoms with E-state index in [9.17, 15) is 4.79 Å². The Morgan fingerprint density at radius 3 is 2.65 bits per heavy atom. The van der Waals surface area contributed by atoms with Gasteiger partial charge in [-0.3, -0.25) is 9.69 Å². The van der Waals surface area contributed by atoms with E-state index < -0.39 is 0 Å². The predicted octanol–water partition coefficient (Wildman–Crippen LogP) is 4.70. The SMILES string of the molecule is CC1CCC(CCC(C)C(=O)C2CN(Cc3ccccc3)CCO2)CC1. The summed E-state index contributed by atoms with van der Waals surface area (Å²) in [7, 11) is 0. The molecule has 3 nitrogen and oxygen atoms in total. The van der Waals surface area contributed by atoms with Crippen molar-refractivity contribution in [2.75, 3.05) is 19.7 Å². The van der Waals surface area contributed by atoms with Gasteiger partial charge in [0.05, 0.1) is 6.61 Å². The molecule has 26 heavy (non-hydrogen) atoms. The first kappa shape index (κ1) is 19.6. The Balaban J connectivity index is 1.44. The summed E-state index contributed by atoms with van der Waals surface area (Å²) in [6.07, 6.45) is 7.44. The summed E-state index contributed by atoms with van der Waals surface area (Å²) in [5, 5.41) is 0. The van der Waals surface area contributed by atoms with E-state index in [1.54, 1.807) is 0 Å². The third-order valence-electron chi connectivity index (χ3n) is 6.35. The van der Waals surface area contributed by atoms with E-state index in [-0.39, 0.29) is 12.0 Å². The van der Waals surface area contributed by atoms with Crippen molar-refractivity contribution in [2.45, 2.75) is 65.0 Å². The average molecular weight is 358 g/mol. The summed E-state index contributed by atoms with van der Waals surface area (Å²) < 4.78 is 5.84.